The van der Waals surface area contributed by atoms with Crippen LogP contribution in [0.5, 0.6) is 0 Å². The van der Waals surface area contributed by atoms with E-state index in [9.17, 15) is 4.39 Å². The van der Waals surface area contributed by atoms with Crippen LogP contribution in [-0.2, 0) is 0 Å². The van der Waals surface area contributed by atoms with E-state index in [0.29, 0.717) is 21.2 Å². The third kappa shape index (κ3) is 2.56. The highest BCUT2D eigenvalue weighted by Gasteiger charge is 2.32. The van der Waals surface area contributed by atoms with Crippen molar-refractivity contribution in [3.8, 4) is 0 Å². The smallest absolute Gasteiger partial charge is 0.138 e. The standard InChI is InChI=1S/C13H19FIN3/c1-8-6-18(7-13(8)17(2)3)12-4-9(14)10(15)5-11(12)16/h4-5,8,13H,6-7,16H2,1-3H3. The number of hydrogen-bond acceptors (Lipinski definition) is 3. The van der Waals surface area contributed by atoms with Crippen molar-refractivity contribution in [3.05, 3.63) is 21.5 Å². The SMILES string of the molecule is CC1CN(c2cc(F)c(I)cc2N)CC1N(C)C. The number of likely N-dealkylation sites (N-methyl/N-ethyl adjacent to an activating group) is 1. The van der Waals surface area contributed by atoms with Gasteiger partial charge in [0.2, 0.25) is 0 Å². The van der Waals surface area contributed by atoms with E-state index in [1.165, 1.54) is 0 Å². The fraction of sp³-hybridized carbons (Fsp3) is 0.538. The third-order valence-corrected chi connectivity index (χ3v) is 4.47. The van der Waals surface area contributed by atoms with Crippen molar-refractivity contribution in [1.29, 1.82) is 0 Å². The summed E-state index contributed by atoms with van der Waals surface area (Å²) in [6.45, 7) is 4.05. The minimum absolute atomic E-state index is 0.194. The zero-order valence-corrected chi connectivity index (χ0v) is 13.1. The Labute approximate surface area is 121 Å². The molecule has 1 heterocycles. The van der Waals surface area contributed by atoms with Gasteiger partial charge in [-0.2, -0.15) is 0 Å². The second-order valence-electron chi connectivity index (χ2n) is 5.24. The number of halogens is 2. The van der Waals surface area contributed by atoms with Crippen molar-refractivity contribution in [2.24, 2.45) is 5.92 Å². The van der Waals surface area contributed by atoms with E-state index in [1.807, 2.05) is 22.6 Å². The summed E-state index contributed by atoms with van der Waals surface area (Å²) in [6.07, 6.45) is 0. The van der Waals surface area contributed by atoms with E-state index in [-0.39, 0.29) is 5.82 Å². The van der Waals surface area contributed by atoms with E-state index in [0.717, 1.165) is 18.8 Å². The molecule has 0 saturated carbocycles. The van der Waals surface area contributed by atoms with Gasteiger partial charge in [0.25, 0.3) is 0 Å². The second kappa shape index (κ2) is 5.21. The molecular weight excluding hydrogens is 344 g/mol. The van der Waals surface area contributed by atoms with Crippen LogP contribution in [0.15, 0.2) is 12.1 Å². The Morgan fingerprint density at radius 2 is 2.06 bits per heavy atom. The zero-order valence-electron chi connectivity index (χ0n) is 11.0. The van der Waals surface area contributed by atoms with E-state index >= 15 is 0 Å². The Hall–Kier alpha value is -0.560. The number of nitrogens with zero attached hydrogens (tertiary/aromatic N) is 2. The van der Waals surface area contributed by atoms with Crippen LogP contribution < -0.4 is 10.6 Å². The lowest BCUT2D eigenvalue weighted by atomic mass is 10.1. The first-order chi connectivity index (χ1) is 8.40. The van der Waals surface area contributed by atoms with Gasteiger partial charge < -0.3 is 15.5 Å². The quantitative estimate of drug-likeness (QED) is 0.647. The highest BCUT2D eigenvalue weighted by Crippen LogP contribution is 2.32. The summed E-state index contributed by atoms with van der Waals surface area (Å²) in [5.74, 6) is 0.363. The maximum atomic E-state index is 13.7. The van der Waals surface area contributed by atoms with Gasteiger partial charge in [0.15, 0.2) is 0 Å². The minimum atomic E-state index is -0.194. The normalized spacial score (nSPS) is 24.0. The fourth-order valence-electron chi connectivity index (χ4n) is 2.64. The number of anilines is 2. The molecular formula is C13H19FIN3. The van der Waals surface area contributed by atoms with Gasteiger partial charge in [-0.3, -0.25) is 0 Å². The molecule has 18 heavy (non-hydrogen) atoms. The third-order valence-electron chi connectivity index (χ3n) is 3.65. The second-order valence-corrected chi connectivity index (χ2v) is 6.40. The highest BCUT2D eigenvalue weighted by molar-refractivity contribution is 14.1. The molecule has 1 fully saturated rings. The first-order valence-corrected chi connectivity index (χ1v) is 7.14. The van der Waals surface area contributed by atoms with Gasteiger partial charge in [-0.25, -0.2) is 4.39 Å². The predicted octanol–water partition coefficient (Wildman–Crippen LogP) is 2.40. The van der Waals surface area contributed by atoms with Crippen LogP contribution in [0.1, 0.15) is 6.92 Å². The molecule has 0 bridgehead atoms. The molecule has 1 aromatic rings. The Morgan fingerprint density at radius 3 is 2.61 bits per heavy atom. The van der Waals surface area contributed by atoms with Gasteiger partial charge in [-0.15, -0.1) is 0 Å². The Balaban J connectivity index is 2.26. The monoisotopic (exact) mass is 363 g/mol. The lowest BCUT2D eigenvalue weighted by molar-refractivity contribution is 0.266. The summed E-state index contributed by atoms with van der Waals surface area (Å²) < 4.78 is 14.2. The molecule has 2 atom stereocenters. The number of nitrogens with two attached hydrogens (primary N) is 1. The number of nitrogen functional groups attached to an aromatic ring is 1. The molecule has 2 N–H and O–H groups in total. The first kappa shape index (κ1) is 13.9. The van der Waals surface area contributed by atoms with Crippen molar-refractivity contribution in [2.45, 2.75) is 13.0 Å². The molecule has 0 aliphatic carbocycles. The summed E-state index contributed by atoms with van der Waals surface area (Å²) in [6, 6.07) is 3.76. The van der Waals surface area contributed by atoms with Crippen molar-refractivity contribution < 1.29 is 4.39 Å². The average Bonchev–Trinajstić information content (AvgIpc) is 2.65. The fourth-order valence-corrected chi connectivity index (χ4v) is 3.14. The van der Waals surface area contributed by atoms with E-state index in [2.05, 4.69) is 30.8 Å². The van der Waals surface area contributed by atoms with Crippen LogP contribution in [0, 0.1) is 15.3 Å². The Kier molecular flexibility index (Phi) is 4.01. The molecule has 3 nitrogen and oxygen atoms in total. The van der Waals surface area contributed by atoms with Crippen LogP contribution >= 0.6 is 22.6 Å². The Morgan fingerprint density at radius 1 is 1.39 bits per heavy atom. The summed E-state index contributed by atoms with van der Waals surface area (Å²) in [4.78, 5) is 4.41. The van der Waals surface area contributed by atoms with Gasteiger partial charge >= 0.3 is 0 Å². The van der Waals surface area contributed by atoms with Crippen LogP contribution in [0.4, 0.5) is 15.8 Å². The van der Waals surface area contributed by atoms with E-state index < -0.39 is 0 Å². The number of hydrogen-bond donors (Lipinski definition) is 1. The molecule has 0 aromatic heterocycles. The highest BCUT2D eigenvalue weighted by atomic mass is 127. The summed E-state index contributed by atoms with van der Waals surface area (Å²) >= 11 is 1.97. The molecule has 1 aliphatic heterocycles. The number of benzene rings is 1. The van der Waals surface area contributed by atoms with E-state index in [1.54, 1.807) is 12.1 Å². The molecule has 2 unspecified atom stereocenters. The summed E-state index contributed by atoms with van der Waals surface area (Å²) in [5, 5.41) is 0. The summed E-state index contributed by atoms with van der Waals surface area (Å²) in [7, 11) is 4.17. The largest absolute Gasteiger partial charge is 0.397 e. The molecule has 0 amide bonds. The van der Waals surface area contributed by atoms with Gasteiger partial charge in [0.1, 0.15) is 5.82 Å². The van der Waals surface area contributed by atoms with Crippen molar-refractivity contribution in [2.75, 3.05) is 37.8 Å². The van der Waals surface area contributed by atoms with Crippen molar-refractivity contribution in [3.63, 3.8) is 0 Å². The van der Waals surface area contributed by atoms with Crippen LogP contribution in [-0.4, -0.2) is 38.1 Å². The van der Waals surface area contributed by atoms with Crippen LogP contribution in [0.25, 0.3) is 0 Å². The molecule has 100 valence electrons. The minimum Gasteiger partial charge on any atom is -0.397 e. The molecule has 0 radical (unpaired) electrons. The number of rotatable bonds is 2. The molecule has 2 rings (SSSR count). The van der Waals surface area contributed by atoms with Gasteiger partial charge in [0, 0.05) is 25.2 Å². The lowest BCUT2D eigenvalue weighted by Crippen LogP contribution is -2.34. The Bertz CT molecular complexity index is 450. The lowest BCUT2D eigenvalue weighted by Gasteiger charge is -2.23. The molecule has 1 saturated heterocycles. The van der Waals surface area contributed by atoms with Gasteiger partial charge in [0.05, 0.1) is 14.9 Å². The topological polar surface area (TPSA) is 32.5 Å². The maximum absolute atomic E-state index is 13.7. The van der Waals surface area contributed by atoms with Crippen molar-refractivity contribution >= 4 is 34.0 Å². The predicted molar refractivity (Wildman–Crippen MR) is 82.4 cm³/mol. The van der Waals surface area contributed by atoms with Gasteiger partial charge in [-0.05, 0) is 48.7 Å². The van der Waals surface area contributed by atoms with Crippen molar-refractivity contribution in [1.82, 2.24) is 4.90 Å². The van der Waals surface area contributed by atoms with E-state index in [4.69, 9.17) is 5.73 Å². The van der Waals surface area contributed by atoms with Crippen LogP contribution in [0.2, 0.25) is 0 Å². The van der Waals surface area contributed by atoms with Gasteiger partial charge in [-0.1, -0.05) is 6.92 Å². The average molecular weight is 363 g/mol. The zero-order chi connectivity index (χ0) is 13.4. The molecule has 0 spiro atoms. The molecule has 5 heteroatoms. The molecule has 1 aromatic carbocycles. The van der Waals surface area contributed by atoms with Crippen LogP contribution in [0.3, 0.4) is 0 Å². The maximum Gasteiger partial charge on any atom is 0.138 e. The first-order valence-electron chi connectivity index (χ1n) is 6.06. The summed E-state index contributed by atoms with van der Waals surface area (Å²) in [5.41, 5.74) is 7.49. The molecule has 1 aliphatic rings.